The Morgan fingerprint density at radius 3 is 2.50 bits per heavy atom. The standard InChI is InChI=1S/C4H3FO4S/c1-2-4(5)3-8-10(6,7)9-4/h1H,3H2. The lowest BCUT2D eigenvalue weighted by molar-refractivity contribution is 0.0166. The molecule has 0 aromatic carbocycles. The molecule has 1 heterocycles. The molecule has 0 spiro atoms. The van der Waals surface area contributed by atoms with Crippen molar-refractivity contribution in [3.05, 3.63) is 0 Å². The van der Waals surface area contributed by atoms with E-state index in [1.54, 1.807) is 0 Å². The summed E-state index contributed by atoms with van der Waals surface area (Å²) in [5.74, 6) is -1.11. The molecule has 1 rings (SSSR count). The smallest absolute Gasteiger partial charge is 0.241 e. The quantitative estimate of drug-likeness (QED) is 0.458. The Morgan fingerprint density at radius 1 is 1.70 bits per heavy atom. The number of rotatable bonds is 0. The first-order chi connectivity index (χ1) is 4.47. The van der Waals surface area contributed by atoms with Crippen molar-refractivity contribution in [2.24, 2.45) is 0 Å². The molecule has 0 N–H and O–H groups in total. The second-order valence-electron chi connectivity index (χ2n) is 1.63. The SMILES string of the molecule is C#CC1(F)COS(=O)(=O)O1. The average Bonchev–Trinajstić information content (AvgIpc) is 2.08. The molecule has 0 aromatic rings. The topological polar surface area (TPSA) is 52.6 Å². The predicted molar refractivity (Wildman–Crippen MR) is 28.6 cm³/mol. The monoisotopic (exact) mass is 166 g/mol. The lowest BCUT2D eigenvalue weighted by Gasteiger charge is -2.02. The van der Waals surface area contributed by atoms with Gasteiger partial charge in [-0.1, -0.05) is 0 Å². The van der Waals surface area contributed by atoms with Crippen LogP contribution >= 0.6 is 0 Å². The van der Waals surface area contributed by atoms with Crippen molar-refractivity contribution in [1.29, 1.82) is 0 Å². The summed E-state index contributed by atoms with van der Waals surface area (Å²) in [7, 11) is -4.18. The molecule has 0 radical (unpaired) electrons. The molecule has 1 atom stereocenters. The highest BCUT2D eigenvalue weighted by Gasteiger charge is 2.44. The Balaban J connectivity index is 2.89. The number of hydrogen-bond acceptors (Lipinski definition) is 4. The molecule has 1 aliphatic heterocycles. The average molecular weight is 166 g/mol. The maximum absolute atomic E-state index is 12.6. The third kappa shape index (κ3) is 1.26. The fraction of sp³-hybridized carbons (Fsp3) is 0.500. The summed E-state index contributed by atoms with van der Waals surface area (Å²) in [6.07, 6.45) is 4.59. The van der Waals surface area contributed by atoms with Crippen molar-refractivity contribution in [1.82, 2.24) is 0 Å². The molecule has 0 aromatic heterocycles. The molecule has 0 aliphatic carbocycles. The third-order valence-corrected chi connectivity index (χ3v) is 1.71. The largest absolute Gasteiger partial charge is 0.403 e. The summed E-state index contributed by atoms with van der Waals surface area (Å²) in [6, 6.07) is 0. The second-order valence-corrected chi connectivity index (χ2v) is 2.85. The van der Waals surface area contributed by atoms with Gasteiger partial charge in [0.05, 0.1) is 0 Å². The lowest BCUT2D eigenvalue weighted by atomic mass is 10.4. The molecular formula is C4H3FO4S. The van der Waals surface area contributed by atoms with Gasteiger partial charge in [-0.2, -0.15) is 17.0 Å². The first-order valence-corrected chi connectivity index (χ1v) is 3.57. The molecule has 0 bridgehead atoms. The van der Waals surface area contributed by atoms with Crippen LogP contribution in [0.5, 0.6) is 0 Å². The van der Waals surface area contributed by atoms with Crippen molar-refractivity contribution in [3.63, 3.8) is 0 Å². The van der Waals surface area contributed by atoms with Gasteiger partial charge in [-0.3, -0.25) is 0 Å². The molecule has 1 saturated heterocycles. The van der Waals surface area contributed by atoms with Crippen LogP contribution in [0.25, 0.3) is 0 Å². The Morgan fingerprint density at radius 2 is 2.30 bits per heavy atom. The van der Waals surface area contributed by atoms with Crippen LogP contribution in [0, 0.1) is 12.3 Å². The minimum absolute atomic E-state index is 0.772. The fourth-order valence-corrected chi connectivity index (χ4v) is 1.19. The zero-order valence-electron chi connectivity index (χ0n) is 4.70. The van der Waals surface area contributed by atoms with Crippen LogP contribution in [-0.4, -0.2) is 20.9 Å². The van der Waals surface area contributed by atoms with E-state index < -0.39 is 22.9 Å². The van der Waals surface area contributed by atoms with Gasteiger partial charge in [-0.25, -0.2) is 4.18 Å². The van der Waals surface area contributed by atoms with Crippen molar-refractivity contribution < 1.29 is 21.2 Å². The molecule has 1 fully saturated rings. The highest BCUT2D eigenvalue weighted by atomic mass is 32.3. The van der Waals surface area contributed by atoms with Gasteiger partial charge in [0.25, 0.3) is 0 Å². The van der Waals surface area contributed by atoms with Crippen LogP contribution in [0.1, 0.15) is 0 Å². The van der Waals surface area contributed by atoms with E-state index in [0.717, 1.165) is 0 Å². The van der Waals surface area contributed by atoms with Crippen molar-refractivity contribution in [3.8, 4) is 12.3 Å². The van der Waals surface area contributed by atoms with Gasteiger partial charge in [-0.15, -0.1) is 6.42 Å². The van der Waals surface area contributed by atoms with E-state index in [1.807, 2.05) is 0 Å². The van der Waals surface area contributed by atoms with Gasteiger partial charge in [0.1, 0.15) is 6.61 Å². The van der Waals surface area contributed by atoms with E-state index in [-0.39, 0.29) is 0 Å². The second kappa shape index (κ2) is 1.92. The van der Waals surface area contributed by atoms with Gasteiger partial charge < -0.3 is 0 Å². The van der Waals surface area contributed by atoms with E-state index in [9.17, 15) is 12.8 Å². The number of hydrogen-bond donors (Lipinski definition) is 0. The van der Waals surface area contributed by atoms with Gasteiger partial charge >= 0.3 is 16.3 Å². The fourth-order valence-electron chi connectivity index (χ4n) is 0.424. The first-order valence-electron chi connectivity index (χ1n) is 2.24. The molecule has 6 heteroatoms. The van der Waals surface area contributed by atoms with Crippen LogP contribution in [0.15, 0.2) is 0 Å². The van der Waals surface area contributed by atoms with Gasteiger partial charge in [-0.05, 0) is 5.92 Å². The normalized spacial score (nSPS) is 37.2. The summed E-state index contributed by atoms with van der Waals surface area (Å²) in [5.41, 5.74) is 0. The minimum Gasteiger partial charge on any atom is -0.241 e. The first kappa shape index (κ1) is 7.47. The molecule has 4 nitrogen and oxygen atoms in total. The summed E-state index contributed by atoms with van der Waals surface area (Å²) in [6.45, 7) is -0.772. The van der Waals surface area contributed by atoms with E-state index in [4.69, 9.17) is 0 Å². The third-order valence-electron chi connectivity index (χ3n) is 0.839. The number of terminal acetylenes is 1. The Kier molecular flexibility index (Phi) is 1.43. The van der Waals surface area contributed by atoms with Crippen LogP contribution in [0.3, 0.4) is 0 Å². The van der Waals surface area contributed by atoms with E-state index in [1.165, 1.54) is 5.92 Å². The van der Waals surface area contributed by atoms with Crippen LogP contribution in [0.2, 0.25) is 0 Å². The van der Waals surface area contributed by atoms with Crippen LogP contribution in [-0.2, 0) is 18.8 Å². The molecule has 1 unspecified atom stereocenters. The molecule has 1 aliphatic rings. The maximum Gasteiger partial charge on any atom is 0.403 e. The van der Waals surface area contributed by atoms with Crippen molar-refractivity contribution >= 4 is 10.4 Å². The van der Waals surface area contributed by atoms with E-state index in [0.29, 0.717) is 0 Å². The summed E-state index contributed by atoms with van der Waals surface area (Å²) < 4.78 is 40.6. The van der Waals surface area contributed by atoms with E-state index in [2.05, 4.69) is 14.8 Å². The molecule has 0 amide bonds. The summed E-state index contributed by atoms with van der Waals surface area (Å²) in [5, 5.41) is 0. The predicted octanol–water partition coefficient (Wildman–Crippen LogP) is -0.423. The Bertz CT molecular complexity index is 276. The van der Waals surface area contributed by atoms with Gasteiger partial charge in [0.15, 0.2) is 0 Å². The molecule has 10 heavy (non-hydrogen) atoms. The van der Waals surface area contributed by atoms with Crippen molar-refractivity contribution in [2.45, 2.75) is 5.85 Å². The Hall–Kier alpha value is -0.640. The molecule has 56 valence electrons. The number of alkyl halides is 1. The highest BCUT2D eigenvalue weighted by Crippen LogP contribution is 2.24. The zero-order valence-corrected chi connectivity index (χ0v) is 5.52. The van der Waals surface area contributed by atoms with Crippen LogP contribution in [0.4, 0.5) is 4.39 Å². The number of halogens is 1. The summed E-state index contributed by atoms with van der Waals surface area (Å²) in [4.78, 5) is 0. The van der Waals surface area contributed by atoms with Crippen LogP contribution < -0.4 is 0 Å². The lowest BCUT2D eigenvalue weighted by Crippen LogP contribution is -2.22. The Labute approximate surface area is 57.3 Å². The van der Waals surface area contributed by atoms with Crippen molar-refractivity contribution in [2.75, 3.05) is 6.61 Å². The van der Waals surface area contributed by atoms with E-state index >= 15 is 0 Å². The highest BCUT2D eigenvalue weighted by molar-refractivity contribution is 7.82. The minimum atomic E-state index is -4.18. The summed E-state index contributed by atoms with van der Waals surface area (Å²) >= 11 is 0. The molecular weight excluding hydrogens is 163 g/mol. The zero-order chi connectivity index (χ0) is 7.83. The molecule has 0 saturated carbocycles. The van der Waals surface area contributed by atoms with Gasteiger partial charge in [0.2, 0.25) is 0 Å². The van der Waals surface area contributed by atoms with Gasteiger partial charge in [0, 0.05) is 0 Å². The maximum atomic E-state index is 12.6.